The molecule has 1 aromatic heterocycles. The molecule has 0 saturated carbocycles. The number of rotatable bonds is 2. The maximum Gasteiger partial charge on any atom is 0.323 e. The molecule has 0 aliphatic carbocycles. The normalized spacial score (nSPS) is 12.6. The molecule has 16 heavy (non-hydrogen) atoms. The lowest BCUT2D eigenvalue weighted by atomic mass is 10.2. The van der Waals surface area contributed by atoms with Crippen LogP contribution in [0.25, 0.3) is 11.0 Å². The van der Waals surface area contributed by atoms with Crippen LogP contribution in [0.4, 0.5) is 5.69 Å². The molecule has 84 valence electrons. The molecule has 1 atom stereocenters. The van der Waals surface area contributed by atoms with Crippen molar-refractivity contribution in [1.29, 1.82) is 0 Å². The van der Waals surface area contributed by atoms with Gasteiger partial charge in [-0.3, -0.25) is 4.79 Å². The van der Waals surface area contributed by atoms with Gasteiger partial charge in [0.1, 0.15) is 5.38 Å². The van der Waals surface area contributed by atoms with Crippen LogP contribution in [0.5, 0.6) is 0 Å². The second-order valence-electron chi connectivity index (χ2n) is 3.44. The van der Waals surface area contributed by atoms with Gasteiger partial charge in [0.25, 0.3) is 0 Å². The number of benzene rings is 1. The number of nitrogens with one attached hydrogen (secondary N) is 3. The largest absolute Gasteiger partial charge is 0.325 e. The van der Waals surface area contributed by atoms with Gasteiger partial charge in [-0.25, -0.2) is 4.79 Å². The fraction of sp³-hybridized carbons (Fsp3) is 0.200. The lowest BCUT2D eigenvalue weighted by Gasteiger charge is -2.05. The molecule has 0 radical (unpaired) electrons. The van der Waals surface area contributed by atoms with Crippen LogP contribution in [0.2, 0.25) is 0 Å². The Bertz CT molecular complexity index is 585. The SMILES string of the molecule is C[C@H](Cl)C(=O)Nc1ccc2[nH]c(=O)[nH]c2c1. The molecule has 2 aromatic rings. The number of H-pyrrole nitrogens is 2. The van der Waals surface area contributed by atoms with Gasteiger partial charge < -0.3 is 15.3 Å². The Morgan fingerprint density at radius 1 is 1.38 bits per heavy atom. The molecule has 5 nitrogen and oxygen atoms in total. The quantitative estimate of drug-likeness (QED) is 0.693. The van der Waals surface area contributed by atoms with Crippen LogP contribution in [-0.4, -0.2) is 21.3 Å². The first-order valence-electron chi connectivity index (χ1n) is 4.73. The molecule has 0 fully saturated rings. The molecule has 0 unspecified atom stereocenters. The van der Waals surface area contributed by atoms with Gasteiger partial charge in [-0.1, -0.05) is 0 Å². The summed E-state index contributed by atoms with van der Waals surface area (Å²) in [4.78, 5) is 27.6. The average molecular weight is 240 g/mol. The molecule has 6 heteroatoms. The van der Waals surface area contributed by atoms with Crippen LogP contribution in [-0.2, 0) is 4.79 Å². The van der Waals surface area contributed by atoms with E-state index in [1.165, 1.54) is 0 Å². The number of hydrogen-bond acceptors (Lipinski definition) is 2. The zero-order chi connectivity index (χ0) is 11.7. The Hall–Kier alpha value is -1.75. The highest BCUT2D eigenvalue weighted by atomic mass is 35.5. The number of aromatic amines is 2. The van der Waals surface area contributed by atoms with Crippen molar-refractivity contribution in [3.05, 3.63) is 28.7 Å². The van der Waals surface area contributed by atoms with Crippen molar-refractivity contribution in [2.75, 3.05) is 5.32 Å². The minimum Gasteiger partial charge on any atom is -0.325 e. The molecule has 2 rings (SSSR count). The first kappa shape index (κ1) is 10.8. The summed E-state index contributed by atoms with van der Waals surface area (Å²) in [6, 6.07) is 5.08. The van der Waals surface area contributed by atoms with Crippen LogP contribution >= 0.6 is 11.6 Å². The lowest BCUT2D eigenvalue weighted by molar-refractivity contribution is -0.115. The molecule has 1 aromatic carbocycles. The van der Waals surface area contributed by atoms with Crippen LogP contribution < -0.4 is 11.0 Å². The standard InChI is InChI=1S/C10H10ClN3O2/c1-5(11)9(15)12-6-2-3-7-8(4-6)14-10(16)13-7/h2-5H,1H3,(H,12,15)(H2,13,14,16)/t5-/m0/s1. The number of alkyl halides is 1. The van der Waals surface area contributed by atoms with E-state index >= 15 is 0 Å². The van der Waals surface area contributed by atoms with Crippen molar-refractivity contribution in [3.8, 4) is 0 Å². The fourth-order valence-corrected chi connectivity index (χ4v) is 1.41. The number of fused-ring (bicyclic) bond motifs is 1. The first-order chi connectivity index (χ1) is 7.56. The Morgan fingerprint density at radius 3 is 2.75 bits per heavy atom. The number of hydrogen-bond donors (Lipinski definition) is 3. The number of aromatic nitrogens is 2. The molecule has 0 bridgehead atoms. The Labute approximate surface area is 95.8 Å². The summed E-state index contributed by atoms with van der Waals surface area (Å²) in [5.41, 5.74) is 1.66. The predicted octanol–water partition coefficient (Wildman–Crippen LogP) is 1.42. The van der Waals surface area contributed by atoms with E-state index < -0.39 is 5.38 Å². The molecular weight excluding hydrogens is 230 g/mol. The topological polar surface area (TPSA) is 77.8 Å². The van der Waals surface area contributed by atoms with Crippen molar-refractivity contribution in [3.63, 3.8) is 0 Å². The third-order valence-electron chi connectivity index (χ3n) is 2.14. The Kier molecular flexibility index (Phi) is 2.70. The molecule has 0 aliphatic rings. The van der Waals surface area contributed by atoms with Gasteiger partial charge in [-0.15, -0.1) is 11.6 Å². The second-order valence-corrected chi connectivity index (χ2v) is 4.10. The summed E-state index contributed by atoms with van der Waals surface area (Å²) in [6.07, 6.45) is 0. The van der Waals surface area contributed by atoms with E-state index in [4.69, 9.17) is 11.6 Å². The van der Waals surface area contributed by atoms with Gasteiger partial charge in [0, 0.05) is 5.69 Å². The summed E-state index contributed by atoms with van der Waals surface area (Å²) >= 11 is 5.62. The zero-order valence-electron chi connectivity index (χ0n) is 8.50. The van der Waals surface area contributed by atoms with E-state index in [0.717, 1.165) is 0 Å². The number of carbonyl (C=O) groups excluding carboxylic acids is 1. The van der Waals surface area contributed by atoms with Crippen molar-refractivity contribution >= 4 is 34.2 Å². The van der Waals surface area contributed by atoms with E-state index in [1.54, 1.807) is 25.1 Å². The molecule has 1 heterocycles. The van der Waals surface area contributed by atoms with Gasteiger partial charge >= 0.3 is 5.69 Å². The van der Waals surface area contributed by atoms with Gasteiger partial charge in [-0.2, -0.15) is 0 Å². The molecule has 0 aliphatic heterocycles. The Morgan fingerprint density at radius 2 is 2.06 bits per heavy atom. The lowest BCUT2D eigenvalue weighted by Crippen LogP contribution is -2.20. The van der Waals surface area contributed by atoms with Crippen LogP contribution in [0, 0.1) is 0 Å². The number of carbonyl (C=O) groups is 1. The number of halogens is 1. The maximum absolute atomic E-state index is 11.3. The summed E-state index contributed by atoms with van der Waals surface area (Å²) in [5, 5.41) is 2.04. The van der Waals surface area contributed by atoms with Crippen molar-refractivity contribution in [1.82, 2.24) is 9.97 Å². The summed E-state index contributed by atoms with van der Waals surface area (Å²) in [7, 11) is 0. The molecule has 1 amide bonds. The van der Waals surface area contributed by atoms with Gasteiger partial charge in [-0.05, 0) is 25.1 Å². The highest BCUT2D eigenvalue weighted by Crippen LogP contribution is 2.15. The third kappa shape index (κ3) is 2.09. The molecule has 0 saturated heterocycles. The summed E-state index contributed by atoms with van der Waals surface area (Å²) in [6.45, 7) is 1.59. The van der Waals surface area contributed by atoms with E-state index in [2.05, 4.69) is 15.3 Å². The number of imidazole rings is 1. The number of anilines is 1. The molecule has 0 spiro atoms. The molecule has 3 N–H and O–H groups in total. The Balaban J connectivity index is 2.32. The smallest absolute Gasteiger partial charge is 0.323 e. The van der Waals surface area contributed by atoms with Crippen LogP contribution in [0.3, 0.4) is 0 Å². The number of amides is 1. The van der Waals surface area contributed by atoms with Crippen molar-refractivity contribution in [2.24, 2.45) is 0 Å². The first-order valence-corrected chi connectivity index (χ1v) is 5.17. The maximum atomic E-state index is 11.3. The summed E-state index contributed by atoms with van der Waals surface area (Å²) in [5.74, 6) is -0.279. The highest BCUT2D eigenvalue weighted by molar-refractivity contribution is 6.32. The van der Waals surface area contributed by atoms with Crippen LogP contribution in [0.15, 0.2) is 23.0 Å². The van der Waals surface area contributed by atoms with Crippen molar-refractivity contribution < 1.29 is 4.79 Å². The van der Waals surface area contributed by atoms with Gasteiger partial charge in [0.15, 0.2) is 0 Å². The van der Waals surface area contributed by atoms with E-state index in [0.29, 0.717) is 16.7 Å². The van der Waals surface area contributed by atoms with E-state index in [9.17, 15) is 9.59 Å². The molecular formula is C10H10ClN3O2. The summed E-state index contributed by atoms with van der Waals surface area (Å²) < 4.78 is 0. The zero-order valence-corrected chi connectivity index (χ0v) is 9.26. The second kappa shape index (κ2) is 4.02. The minimum atomic E-state index is -0.596. The third-order valence-corrected chi connectivity index (χ3v) is 2.34. The monoisotopic (exact) mass is 239 g/mol. The van der Waals surface area contributed by atoms with E-state index in [-0.39, 0.29) is 11.6 Å². The minimum absolute atomic E-state index is 0.274. The van der Waals surface area contributed by atoms with Crippen LogP contribution in [0.1, 0.15) is 6.92 Å². The van der Waals surface area contributed by atoms with E-state index in [1.807, 2.05) is 0 Å². The average Bonchev–Trinajstić information content (AvgIpc) is 2.57. The predicted molar refractivity (Wildman–Crippen MR) is 62.9 cm³/mol. The van der Waals surface area contributed by atoms with Gasteiger partial charge in [0.2, 0.25) is 5.91 Å². The van der Waals surface area contributed by atoms with Gasteiger partial charge in [0.05, 0.1) is 11.0 Å². The fourth-order valence-electron chi connectivity index (χ4n) is 1.35. The van der Waals surface area contributed by atoms with Crippen molar-refractivity contribution in [2.45, 2.75) is 12.3 Å². The highest BCUT2D eigenvalue weighted by Gasteiger charge is 2.09.